The molecule has 4 aromatic rings. The molecule has 0 atom stereocenters. The normalized spacial score (nSPS) is 11.4. The maximum absolute atomic E-state index is 13.8. The van der Waals surface area contributed by atoms with E-state index in [9.17, 15) is 12.8 Å². The van der Waals surface area contributed by atoms with E-state index in [1.165, 1.54) is 24.3 Å². The van der Waals surface area contributed by atoms with Crippen LogP contribution in [0.3, 0.4) is 0 Å². The molecule has 0 spiro atoms. The predicted molar refractivity (Wildman–Crippen MR) is 109 cm³/mol. The van der Waals surface area contributed by atoms with Crippen LogP contribution in [0.15, 0.2) is 88.2 Å². The molecule has 1 heterocycles. The van der Waals surface area contributed by atoms with Gasteiger partial charge in [-0.3, -0.25) is 0 Å². The number of nitrogens with zero attached hydrogens (tertiary/aromatic N) is 1. The summed E-state index contributed by atoms with van der Waals surface area (Å²) in [5.41, 5.74) is 1.93. The van der Waals surface area contributed by atoms with Crippen LogP contribution in [-0.4, -0.2) is 13.4 Å². The highest BCUT2D eigenvalue weighted by atomic mass is 32.2. The molecule has 0 saturated carbocycles. The third-order valence-electron chi connectivity index (χ3n) is 4.35. The Labute approximate surface area is 172 Å². The first-order chi connectivity index (χ1) is 14.4. The summed E-state index contributed by atoms with van der Waals surface area (Å²) in [7, 11) is -3.80. The molecule has 8 heteroatoms. The summed E-state index contributed by atoms with van der Waals surface area (Å²) < 4.78 is 48.3. The van der Waals surface area contributed by atoms with Crippen LogP contribution in [0.2, 0.25) is 0 Å². The third kappa shape index (κ3) is 4.24. The van der Waals surface area contributed by atoms with Crippen molar-refractivity contribution in [2.75, 3.05) is 0 Å². The van der Waals surface area contributed by atoms with E-state index >= 15 is 0 Å². The van der Waals surface area contributed by atoms with Gasteiger partial charge in [0.15, 0.2) is 23.9 Å². The number of rotatable bonds is 6. The number of oxazole rings is 1. The van der Waals surface area contributed by atoms with Crippen molar-refractivity contribution in [3.05, 3.63) is 90.6 Å². The van der Waals surface area contributed by atoms with Crippen LogP contribution >= 0.6 is 0 Å². The average Bonchev–Trinajstić information content (AvgIpc) is 3.18. The van der Waals surface area contributed by atoms with Crippen LogP contribution in [-0.2, 0) is 16.6 Å². The highest BCUT2D eigenvalue weighted by molar-refractivity contribution is 7.89. The van der Waals surface area contributed by atoms with Crippen molar-refractivity contribution in [1.82, 2.24) is 4.98 Å². The molecular weight excluding hydrogens is 407 g/mol. The topological polar surface area (TPSA) is 95.4 Å². The van der Waals surface area contributed by atoms with Crippen LogP contribution < -0.4 is 9.88 Å². The molecule has 0 radical (unpaired) electrons. The van der Waals surface area contributed by atoms with Crippen molar-refractivity contribution in [3.63, 3.8) is 0 Å². The first-order valence-electron chi connectivity index (χ1n) is 8.97. The maximum Gasteiger partial charge on any atom is 0.238 e. The SMILES string of the molecule is NS(=O)(=O)c1ccc(-c2nc(COc3ccccc3F)oc2-c2ccccc2)cc1. The summed E-state index contributed by atoms with van der Waals surface area (Å²) in [5.74, 6) is 0.357. The van der Waals surface area contributed by atoms with Gasteiger partial charge in [0.2, 0.25) is 15.9 Å². The molecule has 3 aromatic carbocycles. The van der Waals surface area contributed by atoms with Gasteiger partial charge in [0.1, 0.15) is 5.69 Å². The molecule has 30 heavy (non-hydrogen) atoms. The van der Waals surface area contributed by atoms with Crippen molar-refractivity contribution in [2.45, 2.75) is 11.5 Å². The smallest absolute Gasteiger partial charge is 0.238 e. The highest BCUT2D eigenvalue weighted by Gasteiger charge is 2.18. The van der Waals surface area contributed by atoms with Crippen LogP contribution in [0.4, 0.5) is 4.39 Å². The number of sulfonamides is 1. The lowest BCUT2D eigenvalue weighted by molar-refractivity contribution is 0.253. The molecule has 0 aliphatic rings. The van der Waals surface area contributed by atoms with Crippen LogP contribution in [0, 0.1) is 5.82 Å². The Hall–Kier alpha value is -3.49. The van der Waals surface area contributed by atoms with E-state index in [4.69, 9.17) is 14.3 Å². The number of hydrogen-bond donors (Lipinski definition) is 1. The second kappa shape index (κ2) is 8.10. The molecule has 0 bridgehead atoms. The molecule has 6 nitrogen and oxygen atoms in total. The second-order valence-corrected chi connectivity index (χ2v) is 8.00. The highest BCUT2D eigenvalue weighted by Crippen LogP contribution is 2.33. The predicted octanol–water partition coefficient (Wildman–Crippen LogP) is 4.37. The zero-order valence-corrected chi connectivity index (χ0v) is 16.5. The monoisotopic (exact) mass is 424 g/mol. The molecular formula is C22H17FN2O4S. The summed E-state index contributed by atoms with van der Waals surface area (Å²) in [5, 5.41) is 5.17. The fourth-order valence-electron chi connectivity index (χ4n) is 2.91. The number of nitrogens with two attached hydrogens (primary N) is 1. The molecule has 152 valence electrons. The molecule has 4 rings (SSSR count). The van der Waals surface area contributed by atoms with E-state index < -0.39 is 15.8 Å². The second-order valence-electron chi connectivity index (χ2n) is 6.44. The van der Waals surface area contributed by atoms with E-state index in [2.05, 4.69) is 4.98 Å². The van der Waals surface area contributed by atoms with Crippen LogP contribution in [0.5, 0.6) is 5.75 Å². The number of hydrogen-bond acceptors (Lipinski definition) is 5. The fourth-order valence-corrected chi connectivity index (χ4v) is 3.43. The summed E-state index contributed by atoms with van der Waals surface area (Å²) in [4.78, 5) is 4.50. The summed E-state index contributed by atoms with van der Waals surface area (Å²) in [6.45, 7) is -0.0734. The van der Waals surface area contributed by atoms with Crippen molar-refractivity contribution in [1.29, 1.82) is 0 Å². The molecule has 2 N–H and O–H groups in total. The lowest BCUT2D eigenvalue weighted by Gasteiger charge is -2.03. The molecule has 0 aliphatic carbocycles. The zero-order chi connectivity index (χ0) is 21.1. The molecule has 1 aromatic heterocycles. The number of benzene rings is 3. The summed E-state index contributed by atoms with van der Waals surface area (Å²) in [6, 6.07) is 21.4. The van der Waals surface area contributed by atoms with E-state index in [0.717, 1.165) is 5.56 Å². The van der Waals surface area contributed by atoms with Crippen molar-refractivity contribution >= 4 is 10.0 Å². The Morgan fingerprint density at radius 2 is 1.57 bits per heavy atom. The van der Waals surface area contributed by atoms with Crippen molar-refractivity contribution in [3.8, 4) is 28.3 Å². The zero-order valence-electron chi connectivity index (χ0n) is 15.7. The number of aromatic nitrogens is 1. The number of halogens is 1. The molecule has 0 aliphatic heterocycles. The van der Waals surface area contributed by atoms with Crippen molar-refractivity contribution in [2.24, 2.45) is 5.14 Å². The van der Waals surface area contributed by atoms with Gasteiger partial charge in [0.25, 0.3) is 0 Å². The minimum Gasteiger partial charge on any atom is -0.481 e. The van der Waals surface area contributed by atoms with Gasteiger partial charge in [-0.25, -0.2) is 22.9 Å². The Bertz CT molecular complexity index is 1270. The van der Waals surface area contributed by atoms with Gasteiger partial charge in [0, 0.05) is 11.1 Å². The first kappa shape index (κ1) is 19.8. The quantitative estimate of drug-likeness (QED) is 0.496. The fraction of sp³-hybridized carbons (Fsp3) is 0.0455. The van der Waals surface area contributed by atoms with Crippen molar-refractivity contribution < 1.29 is 22.0 Å². The largest absolute Gasteiger partial charge is 0.481 e. The molecule has 0 fully saturated rings. The molecule has 0 unspecified atom stereocenters. The Morgan fingerprint density at radius 3 is 2.23 bits per heavy atom. The van der Waals surface area contributed by atoms with Gasteiger partial charge in [-0.1, -0.05) is 54.6 Å². The lowest BCUT2D eigenvalue weighted by Crippen LogP contribution is -2.11. The van der Waals surface area contributed by atoms with Gasteiger partial charge in [0.05, 0.1) is 4.90 Å². The summed E-state index contributed by atoms with van der Waals surface area (Å²) >= 11 is 0. The van der Waals surface area contributed by atoms with Crippen LogP contribution in [0.1, 0.15) is 5.89 Å². The summed E-state index contributed by atoms with van der Waals surface area (Å²) in [6.07, 6.45) is 0. The minimum atomic E-state index is -3.80. The number of para-hydroxylation sites is 1. The van der Waals surface area contributed by atoms with E-state index in [0.29, 0.717) is 17.0 Å². The number of primary sulfonamides is 1. The maximum atomic E-state index is 13.8. The van der Waals surface area contributed by atoms with Gasteiger partial charge < -0.3 is 9.15 Å². The van der Waals surface area contributed by atoms with Gasteiger partial charge >= 0.3 is 0 Å². The number of ether oxygens (including phenoxy) is 1. The van der Waals surface area contributed by atoms with E-state index in [1.54, 1.807) is 24.3 Å². The van der Waals surface area contributed by atoms with Crippen LogP contribution in [0.25, 0.3) is 22.6 Å². The van der Waals surface area contributed by atoms with E-state index in [-0.39, 0.29) is 23.1 Å². The van der Waals surface area contributed by atoms with Gasteiger partial charge in [-0.15, -0.1) is 0 Å². The lowest BCUT2D eigenvalue weighted by atomic mass is 10.1. The standard InChI is InChI=1S/C22H17FN2O4S/c23-18-8-4-5-9-19(18)28-14-20-25-21(22(29-20)16-6-2-1-3-7-16)15-10-12-17(13-11-15)30(24,26)27/h1-13H,14H2,(H2,24,26,27). The van der Waals surface area contributed by atoms with Gasteiger partial charge in [-0.2, -0.15) is 0 Å². The third-order valence-corrected chi connectivity index (χ3v) is 5.28. The van der Waals surface area contributed by atoms with Gasteiger partial charge in [-0.05, 0) is 24.3 Å². The molecule has 0 amide bonds. The first-order valence-corrected chi connectivity index (χ1v) is 10.5. The van der Waals surface area contributed by atoms with E-state index in [1.807, 2.05) is 30.3 Å². The Balaban J connectivity index is 1.70. The average molecular weight is 424 g/mol. The Kier molecular flexibility index (Phi) is 5.35. The Morgan fingerprint density at radius 1 is 0.900 bits per heavy atom. The molecule has 0 saturated heterocycles. The minimum absolute atomic E-state index is 0.000819.